The summed E-state index contributed by atoms with van der Waals surface area (Å²) in [7, 11) is 0. The fourth-order valence-corrected chi connectivity index (χ4v) is 2.24. The highest BCUT2D eigenvalue weighted by atomic mass is 16.6. The molecule has 0 radical (unpaired) electrons. The smallest absolute Gasteiger partial charge is 0.336 e. The molecule has 2 aromatic rings. The Balaban J connectivity index is 2.69. The number of anilines is 2. The van der Waals surface area contributed by atoms with Crippen LogP contribution in [0.1, 0.15) is 22.8 Å². The number of rotatable bonds is 6. The first-order valence-electron chi connectivity index (χ1n) is 6.90. The predicted octanol–water partition coefficient (Wildman–Crippen LogP) is 3.51. The second kappa shape index (κ2) is 6.73. The quantitative estimate of drug-likeness (QED) is 0.610. The molecule has 0 atom stereocenters. The number of carboxylic acids is 1. The first kappa shape index (κ1) is 16.9. The van der Waals surface area contributed by atoms with Crippen LogP contribution < -0.4 is 5.32 Å². The predicted molar refractivity (Wildman–Crippen MR) is 85.8 cm³/mol. The van der Waals surface area contributed by atoms with Gasteiger partial charge in [-0.3, -0.25) is 20.2 Å². The number of aryl methyl sites for hydroxylation is 1. The fourth-order valence-electron chi connectivity index (χ4n) is 2.24. The van der Waals surface area contributed by atoms with Crippen molar-refractivity contribution in [3.05, 3.63) is 67.8 Å². The molecule has 0 aliphatic rings. The lowest BCUT2D eigenvalue weighted by atomic mass is 10.1. The van der Waals surface area contributed by atoms with Crippen LogP contribution in [0.5, 0.6) is 0 Å². The molecule has 2 N–H and O–H groups in total. The van der Waals surface area contributed by atoms with Crippen molar-refractivity contribution in [1.29, 1.82) is 0 Å². The first-order valence-corrected chi connectivity index (χ1v) is 6.90. The number of hydrogen-bond donors (Lipinski definition) is 2. The van der Waals surface area contributed by atoms with Crippen molar-refractivity contribution >= 4 is 28.7 Å². The van der Waals surface area contributed by atoms with E-state index in [0.29, 0.717) is 12.1 Å². The molecule has 0 bridgehead atoms. The van der Waals surface area contributed by atoms with Crippen LogP contribution in [0.3, 0.4) is 0 Å². The molecule has 9 nitrogen and oxygen atoms in total. The number of nitro benzene ring substituents is 2. The zero-order valence-electron chi connectivity index (χ0n) is 12.6. The van der Waals surface area contributed by atoms with Gasteiger partial charge in [-0.15, -0.1) is 0 Å². The van der Waals surface area contributed by atoms with Crippen LogP contribution in [0.15, 0.2) is 36.4 Å². The van der Waals surface area contributed by atoms with Crippen molar-refractivity contribution in [3.63, 3.8) is 0 Å². The third kappa shape index (κ3) is 3.29. The van der Waals surface area contributed by atoms with E-state index in [2.05, 4.69) is 5.32 Å². The van der Waals surface area contributed by atoms with E-state index in [1.807, 2.05) is 6.92 Å². The maximum absolute atomic E-state index is 11.3. The van der Waals surface area contributed by atoms with Crippen LogP contribution in [0.4, 0.5) is 22.7 Å². The molecule has 0 spiro atoms. The van der Waals surface area contributed by atoms with Crippen LogP contribution in [-0.4, -0.2) is 20.9 Å². The first-order chi connectivity index (χ1) is 11.3. The average molecular weight is 331 g/mol. The summed E-state index contributed by atoms with van der Waals surface area (Å²) in [4.78, 5) is 31.9. The van der Waals surface area contributed by atoms with Crippen LogP contribution in [0.2, 0.25) is 0 Å². The van der Waals surface area contributed by atoms with E-state index in [1.54, 1.807) is 24.3 Å². The van der Waals surface area contributed by atoms with Crippen LogP contribution in [-0.2, 0) is 6.42 Å². The van der Waals surface area contributed by atoms with Gasteiger partial charge in [-0.25, -0.2) is 4.79 Å². The second-order valence-electron chi connectivity index (χ2n) is 4.84. The molecule has 2 aromatic carbocycles. The maximum atomic E-state index is 11.3. The standard InChI is InChI=1S/C15H13N3O6/c1-2-9-5-3-4-6-11(9)16-14-12(17(21)22)7-10(15(19)20)8-13(14)18(23)24/h3-8,16H,2H2,1H3,(H,19,20). The van der Waals surface area contributed by atoms with E-state index in [4.69, 9.17) is 5.11 Å². The number of nitro groups is 2. The highest BCUT2D eigenvalue weighted by Gasteiger charge is 2.29. The van der Waals surface area contributed by atoms with Gasteiger partial charge >= 0.3 is 17.3 Å². The van der Waals surface area contributed by atoms with E-state index in [9.17, 15) is 25.0 Å². The maximum Gasteiger partial charge on any atom is 0.336 e. The third-order valence-electron chi connectivity index (χ3n) is 3.40. The lowest BCUT2D eigenvalue weighted by Crippen LogP contribution is -2.06. The third-order valence-corrected chi connectivity index (χ3v) is 3.40. The van der Waals surface area contributed by atoms with Crippen LogP contribution in [0, 0.1) is 20.2 Å². The Morgan fingerprint density at radius 1 is 1.12 bits per heavy atom. The SMILES string of the molecule is CCc1ccccc1Nc1c([N+](=O)[O-])cc(C(=O)O)cc1[N+](=O)[O-]. The molecule has 24 heavy (non-hydrogen) atoms. The largest absolute Gasteiger partial charge is 0.478 e. The monoisotopic (exact) mass is 331 g/mol. The minimum absolute atomic E-state index is 0.351. The Morgan fingerprint density at radius 3 is 2.12 bits per heavy atom. The molecule has 2 rings (SSSR count). The average Bonchev–Trinajstić information content (AvgIpc) is 2.54. The second-order valence-corrected chi connectivity index (χ2v) is 4.84. The Labute approximate surface area is 135 Å². The molecule has 0 saturated carbocycles. The number of carboxylic acid groups (broad SMARTS) is 1. The Morgan fingerprint density at radius 2 is 1.67 bits per heavy atom. The van der Waals surface area contributed by atoms with Crippen molar-refractivity contribution in [2.24, 2.45) is 0 Å². The van der Waals surface area contributed by atoms with Crippen molar-refractivity contribution in [1.82, 2.24) is 0 Å². The van der Waals surface area contributed by atoms with E-state index in [-0.39, 0.29) is 5.69 Å². The summed E-state index contributed by atoms with van der Waals surface area (Å²) < 4.78 is 0. The summed E-state index contributed by atoms with van der Waals surface area (Å²) in [6.45, 7) is 1.87. The number of hydrogen-bond acceptors (Lipinski definition) is 6. The van der Waals surface area contributed by atoms with E-state index >= 15 is 0 Å². The molecule has 0 aliphatic heterocycles. The lowest BCUT2D eigenvalue weighted by Gasteiger charge is -2.12. The van der Waals surface area contributed by atoms with Gasteiger partial charge in [-0.1, -0.05) is 25.1 Å². The summed E-state index contributed by atoms with van der Waals surface area (Å²) in [5.74, 6) is -1.48. The van der Waals surface area contributed by atoms with Gasteiger partial charge in [-0.05, 0) is 18.1 Å². The Hall–Kier alpha value is -3.49. The van der Waals surface area contributed by atoms with Gasteiger partial charge in [-0.2, -0.15) is 0 Å². The number of para-hydroxylation sites is 1. The minimum Gasteiger partial charge on any atom is -0.478 e. The summed E-state index contributed by atoms with van der Waals surface area (Å²) in [6.07, 6.45) is 0.609. The highest BCUT2D eigenvalue weighted by molar-refractivity contribution is 5.93. The molecule has 9 heteroatoms. The fraction of sp³-hybridized carbons (Fsp3) is 0.133. The number of carbonyl (C=O) groups is 1. The van der Waals surface area contributed by atoms with Gasteiger partial charge < -0.3 is 10.4 Å². The topological polar surface area (TPSA) is 136 Å². The van der Waals surface area contributed by atoms with Crippen molar-refractivity contribution in [2.75, 3.05) is 5.32 Å². The number of nitrogens with one attached hydrogen (secondary N) is 1. The summed E-state index contributed by atoms with van der Waals surface area (Å²) in [6, 6.07) is 8.48. The van der Waals surface area contributed by atoms with Gasteiger partial charge in [0.25, 0.3) is 0 Å². The van der Waals surface area contributed by atoms with Gasteiger partial charge in [0.2, 0.25) is 0 Å². The molecule has 124 valence electrons. The molecule has 0 unspecified atom stereocenters. The van der Waals surface area contributed by atoms with E-state index < -0.39 is 32.8 Å². The van der Waals surface area contributed by atoms with Gasteiger partial charge in [0, 0.05) is 17.8 Å². The molecule has 0 aromatic heterocycles. The number of aromatic carboxylic acids is 1. The molecule has 0 heterocycles. The molecule has 0 amide bonds. The van der Waals surface area contributed by atoms with E-state index in [1.165, 1.54) is 0 Å². The summed E-state index contributed by atoms with van der Waals surface area (Å²) >= 11 is 0. The Kier molecular flexibility index (Phi) is 4.73. The van der Waals surface area contributed by atoms with Gasteiger partial charge in [0.15, 0.2) is 5.69 Å². The normalized spacial score (nSPS) is 10.2. The number of benzene rings is 2. The highest BCUT2D eigenvalue weighted by Crippen LogP contribution is 2.38. The summed E-state index contributed by atoms with van der Waals surface area (Å²) in [5.41, 5.74) is -0.934. The van der Waals surface area contributed by atoms with Crippen LogP contribution >= 0.6 is 0 Å². The molecular weight excluding hydrogens is 318 g/mol. The lowest BCUT2D eigenvalue weighted by molar-refractivity contribution is -0.392. The Bertz CT molecular complexity index is 799. The molecular formula is C15H13N3O6. The molecule has 0 fully saturated rings. The zero-order valence-corrected chi connectivity index (χ0v) is 12.6. The zero-order chi connectivity index (χ0) is 17.9. The van der Waals surface area contributed by atoms with E-state index in [0.717, 1.165) is 17.7 Å². The summed E-state index contributed by atoms with van der Waals surface area (Å²) in [5, 5.41) is 34.2. The number of nitrogens with zero attached hydrogens (tertiary/aromatic N) is 2. The minimum atomic E-state index is -1.48. The van der Waals surface area contributed by atoms with Crippen molar-refractivity contribution in [2.45, 2.75) is 13.3 Å². The van der Waals surface area contributed by atoms with Gasteiger partial charge in [0.1, 0.15) is 0 Å². The van der Waals surface area contributed by atoms with Crippen molar-refractivity contribution < 1.29 is 19.7 Å². The molecule has 0 aliphatic carbocycles. The van der Waals surface area contributed by atoms with Gasteiger partial charge in [0.05, 0.1) is 15.4 Å². The van der Waals surface area contributed by atoms with Crippen molar-refractivity contribution in [3.8, 4) is 0 Å². The van der Waals surface area contributed by atoms with Crippen LogP contribution in [0.25, 0.3) is 0 Å². The molecule has 0 saturated heterocycles.